The third-order valence-corrected chi connectivity index (χ3v) is 5.14. The Labute approximate surface area is 135 Å². The fourth-order valence-corrected chi connectivity index (χ4v) is 3.95. The van der Waals surface area contributed by atoms with Gasteiger partial charge in [-0.1, -0.05) is 18.6 Å². The Morgan fingerprint density at radius 3 is 2.61 bits per heavy atom. The third-order valence-electron chi connectivity index (χ3n) is 5.14. The van der Waals surface area contributed by atoms with Gasteiger partial charge < -0.3 is 0 Å². The molecule has 1 N–H and O–H groups in total. The van der Waals surface area contributed by atoms with E-state index in [2.05, 4.69) is 10.5 Å². The fourth-order valence-electron chi connectivity index (χ4n) is 3.95. The van der Waals surface area contributed by atoms with Gasteiger partial charge in [-0.2, -0.15) is 5.10 Å². The zero-order valence-electron chi connectivity index (χ0n) is 13.2. The lowest BCUT2D eigenvalue weighted by atomic mass is 9.86. The molecule has 122 valence electrons. The zero-order valence-corrected chi connectivity index (χ0v) is 13.2. The van der Waals surface area contributed by atoms with E-state index in [9.17, 15) is 14.9 Å². The SMILES string of the molecule is C/C(=N\NC(=O)Cc1ccc([N+](=O)[O-])cc1)[C@H]1C[C@H]2CC[C@@H]1C2. The third kappa shape index (κ3) is 3.57. The predicted molar refractivity (Wildman–Crippen MR) is 87.0 cm³/mol. The number of nitro benzene ring substituents is 1. The molecule has 6 heteroatoms. The number of nitrogens with one attached hydrogen (secondary N) is 1. The molecule has 0 heterocycles. The van der Waals surface area contributed by atoms with Crippen molar-refractivity contribution in [3.05, 3.63) is 39.9 Å². The second kappa shape index (κ2) is 6.48. The van der Waals surface area contributed by atoms with Gasteiger partial charge in [0.05, 0.1) is 11.3 Å². The summed E-state index contributed by atoms with van der Waals surface area (Å²) >= 11 is 0. The molecular weight excluding hydrogens is 294 g/mol. The molecule has 1 aromatic carbocycles. The molecule has 3 atom stereocenters. The quantitative estimate of drug-likeness (QED) is 0.515. The van der Waals surface area contributed by atoms with Gasteiger partial charge in [0.15, 0.2) is 0 Å². The van der Waals surface area contributed by atoms with E-state index >= 15 is 0 Å². The van der Waals surface area contributed by atoms with Crippen LogP contribution in [0.1, 0.15) is 38.2 Å². The molecule has 0 saturated heterocycles. The van der Waals surface area contributed by atoms with Gasteiger partial charge in [0.2, 0.25) is 5.91 Å². The van der Waals surface area contributed by atoms with Gasteiger partial charge in [0.1, 0.15) is 0 Å². The van der Waals surface area contributed by atoms with Crippen LogP contribution in [0.4, 0.5) is 5.69 Å². The highest BCUT2D eigenvalue weighted by atomic mass is 16.6. The van der Waals surface area contributed by atoms with Gasteiger partial charge >= 0.3 is 0 Å². The molecule has 0 spiro atoms. The number of rotatable bonds is 5. The van der Waals surface area contributed by atoms with Gasteiger partial charge in [0, 0.05) is 23.8 Å². The fraction of sp³-hybridized carbons (Fsp3) is 0.529. The van der Waals surface area contributed by atoms with Crippen molar-refractivity contribution in [2.45, 2.75) is 39.0 Å². The summed E-state index contributed by atoms with van der Waals surface area (Å²) in [5.41, 5.74) is 4.41. The molecule has 1 amide bonds. The summed E-state index contributed by atoms with van der Waals surface area (Å²) < 4.78 is 0. The van der Waals surface area contributed by atoms with E-state index in [1.165, 1.54) is 37.8 Å². The number of nitro groups is 1. The van der Waals surface area contributed by atoms with Gasteiger partial charge in [-0.3, -0.25) is 14.9 Å². The molecule has 1 aromatic rings. The summed E-state index contributed by atoms with van der Waals surface area (Å²) in [6.45, 7) is 2.00. The first-order valence-electron chi connectivity index (χ1n) is 8.09. The first kappa shape index (κ1) is 15.6. The van der Waals surface area contributed by atoms with Crippen LogP contribution in [0.2, 0.25) is 0 Å². The second-order valence-electron chi connectivity index (χ2n) is 6.67. The van der Waals surface area contributed by atoms with Crippen molar-refractivity contribution in [3.8, 4) is 0 Å². The number of fused-ring (bicyclic) bond motifs is 2. The van der Waals surface area contributed by atoms with E-state index < -0.39 is 4.92 Å². The Balaban J connectivity index is 1.53. The highest BCUT2D eigenvalue weighted by molar-refractivity contribution is 5.87. The highest BCUT2D eigenvalue weighted by Gasteiger charge is 2.40. The summed E-state index contributed by atoms with van der Waals surface area (Å²) in [4.78, 5) is 22.1. The Morgan fingerprint density at radius 2 is 2.04 bits per heavy atom. The van der Waals surface area contributed by atoms with Crippen molar-refractivity contribution in [2.75, 3.05) is 0 Å². The molecule has 2 aliphatic rings. The zero-order chi connectivity index (χ0) is 16.4. The minimum absolute atomic E-state index is 0.0271. The molecule has 0 aromatic heterocycles. The van der Waals surface area contributed by atoms with Crippen molar-refractivity contribution >= 4 is 17.3 Å². The molecule has 23 heavy (non-hydrogen) atoms. The number of hydrogen-bond donors (Lipinski definition) is 1. The van der Waals surface area contributed by atoms with E-state index in [-0.39, 0.29) is 18.0 Å². The maximum absolute atomic E-state index is 12.0. The Morgan fingerprint density at radius 1 is 1.30 bits per heavy atom. The minimum atomic E-state index is -0.452. The van der Waals surface area contributed by atoms with Gasteiger partial charge in [-0.15, -0.1) is 0 Å². The van der Waals surface area contributed by atoms with Crippen LogP contribution in [0.3, 0.4) is 0 Å². The summed E-state index contributed by atoms with van der Waals surface area (Å²) in [5.74, 6) is 1.93. The van der Waals surface area contributed by atoms with E-state index in [1.54, 1.807) is 12.1 Å². The normalized spacial score (nSPS) is 26.3. The van der Waals surface area contributed by atoms with Gasteiger partial charge in [0.25, 0.3) is 5.69 Å². The number of hydrazone groups is 1. The first-order valence-corrected chi connectivity index (χ1v) is 8.09. The molecule has 2 saturated carbocycles. The number of hydrogen-bond acceptors (Lipinski definition) is 4. The van der Waals surface area contributed by atoms with Crippen LogP contribution in [0.25, 0.3) is 0 Å². The molecule has 2 aliphatic carbocycles. The van der Waals surface area contributed by atoms with E-state index in [1.807, 2.05) is 6.92 Å². The summed E-state index contributed by atoms with van der Waals surface area (Å²) in [6.07, 6.45) is 5.33. The monoisotopic (exact) mass is 315 g/mol. The summed E-state index contributed by atoms with van der Waals surface area (Å²) in [5, 5.41) is 14.9. The molecule has 2 fully saturated rings. The Hall–Kier alpha value is -2.24. The molecule has 2 bridgehead atoms. The van der Waals surface area contributed by atoms with Crippen molar-refractivity contribution in [2.24, 2.45) is 22.9 Å². The maximum atomic E-state index is 12.0. The molecule has 0 radical (unpaired) electrons. The lowest BCUT2D eigenvalue weighted by Gasteiger charge is -2.21. The molecule has 3 rings (SSSR count). The average molecular weight is 315 g/mol. The number of nitrogens with zero attached hydrogens (tertiary/aromatic N) is 2. The van der Waals surface area contributed by atoms with Crippen LogP contribution in [0, 0.1) is 27.9 Å². The summed E-state index contributed by atoms with van der Waals surface area (Å²) in [7, 11) is 0. The lowest BCUT2D eigenvalue weighted by molar-refractivity contribution is -0.384. The Bertz CT molecular complexity index is 639. The highest BCUT2D eigenvalue weighted by Crippen LogP contribution is 2.48. The van der Waals surface area contributed by atoms with Crippen LogP contribution in [-0.2, 0) is 11.2 Å². The topological polar surface area (TPSA) is 84.6 Å². The van der Waals surface area contributed by atoms with Crippen LogP contribution < -0.4 is 5.43 Å². The molecule has 0 aliphatic heterocycles. The lowest BCUT2D eigenvalue weighted by Crippen LogP contribution is -2.25. The minimum Gasteiger partial charge on any atom is -0.273 e. The average Bonchev–Trinajstić information content (AvgIpc) is 3.16. The predicted octanol–water partition coefficient (Wildman–Crippen LogP) is 3.07. The van der Waals surface area contributed by atoms with Crippen LogP contribution in [0.5, 0.6) is 0 Å². The van der Waals surface area contributed by atoms with Gasteiger partial charge in [-0.05, 0) is 43.6 Å². The number of benzene rings is 1. The van der Waals surface area contributed by atoms with E-state index in [4.69, 9.17) is 0 Å². The number of carbonyl (C=O) groups excluding carboxylic acids is 1. The largest absolute Gasteiger partial charge is 0.273 e. The first-order chi connectivity index (χ1) is 11.0. The van der Waals surface area contributed by atoms with Crippen molar-refractivity contribution in [1.29, 1.82) is 0 Å². The molecule has 6 nitrogen and oxygen atoms in total. The van der Waals surface area contributed by atoms with Crippen LogP contribution in [-0.4, -0.2) is 16.5 Å². The standard InChI is InChI=1S/C17H21N3O3/c1-11(16-9-13-2-5-14(16)8-13)18-19-17(21)10-12-3-6-15(7-4-12)20(22)23/h3-4,6-7,13-14,16H,2,5,8-10H2,1H3,(H,19,21)/b18-11+/t13-,14+,16+/m0/s1. The van der Waals surface area contributed by atoms with E-state index in [0.717, 1.165) is 23.1 Å². The number of carbonyl (C=O) groups is 1. The second-order valence-corrected chi connectivity index (χ2v) is 6.67. The smallest absolute Gasteiger partial charge is 0.269 e. The van der Waals surface area contributed by atoms with Gasteiger partial charge in [-0.25, -0.2) is 5.43 Å². The molecular formula is C17H21N3O3. The number of amides is 1. The van der Waals surface area contributed by atoms with Crippen molar-refractivity contribution in [1.82, 2.24) is 5.43 Å². The van der Waals surface area contributed by atoms with Crippen LogP contribution in [0.15, 0.2) is 29.4 Å². The van der Waals surface area contributed by atoms with Crippen LogP contribution >= 0.6 is 0 Å². The Kier molecular flexibility index (Phi) is 4.41. The van der Waals surface area contributed by atoms with Crippen molar-refractivity contribution < 1.29 is 9.72 Å². The summed E-state index contributed by atoms with van der Waals surface area (Å²) in [6, 6.07) is 6.02. The molecule has 0 unspecified atom stereocenters. The van der Waals surface area contributed by atoms with Crippen molar-refractivity contribution in [3.63, 3.8) is 0 Å². The maximum Gasteiger partial charge on any atom is 0.269 e. The van der Waals surface area contributed by atoms with E-state index in [0.29, 0.717) is 5.92 Å². The number of non-ortho nitro benzene ring substituents is 1.